The van der Waals surface area contributed by atoms with Crippen molar-refractivity contribution in [2.45, 2.75) is 19.3 Å². The van der Waals surface area contributed by atoms with E-state index >= 15 is 0 Å². The Morgan fingerprint density at radius 1 is 1.39 bits per heavy atom. The summed E-state index contributed by atoms with van der Waals surface area (Å²) in [6.45, 7) is 7.15. The number of hydrogen-bond acceptors (Lipinski definition) is 4. The Bertz CT molecular complexity index is 247. The van der Waals surface area contributed by atoms with Crippen LogP contribution in [-0.2, 0) is 9.53 Å². The van der Waals surface area contributed by atoms with Gasteiger partial charge in [0.25, 0.3) is 0 Å². The Morgan fingerprint density at radius 2 is 2.33 bits per heavy atom. The van der Waals surface area contributed by atoms with E-state index in [9.17, 15) is 4.79 Å². The summed E-state index contributed by atoms with van der Waals surface area (Å²) in [5.41, 5.74) is 0. The third-order valence-corrected chi connectivity index (χ3v) is 3.70. The molecular weight excluding hydrogens is 230 g/mol. The highest BCUT2D eigenvalue weighted by atomic mass is 16.5. The van der Waals surface area contributed by atoms with Gasteiger partial charge in [-0.1, -0.05) is 0 Å². The van der Waals surface area contributed by atoms with Crippen LogP contribution in [0.5, 0.6) is 0 Å². The summed E-state index contributed by atoms with van der Waals surface area (Å²) < 4.78 is 5.32. The number of nitrogens with one attached hydrogen (secondary N) is 2. The minimum absolute atomic E-state index is 0.163. The average Bonchev–Trinajstić information content (AvgIpc) is 2.74. The molecule has 2 aliphatic rings. The van der Waals surface area contributed by atoms with Gasteiger partial charge in [0.2, 0.25) is 5.91 Å². The first kappa shape index (κ1) is 13.8. The Morgan fingerprint density at radius 3 is 3.17 bits per heavy atom. The van der Waals surface area contributed by atoms with Crippen LogP contribution in [0.15, 0.2) is 0 Å². The number of amides is 1. The average molecular weight is 255 g/mol. The number of hydrogen-bond donors (Lipinski definition) is 2. The molecule has 0 aromatic carbocycles. The van der Waals surface area contributed by atoms with Crippen molar-refractivity contribution in [3.8, 4) is 0 Å². The van der Waals surface area contributed by atoms with Crippen molar-refractivity contribution in [2.75, 3.05) is 52.5 Å². The number of nitrogens with zero attached hydrogens (tertiary/aromatic N) is 1. The van der Waals surface area contributed by atoms with Crippen LogP contribution in [0.25, 0.3) is 0 Å². The summed E-state index contributed by atoms with van der Waals surface area (Å²) in [7, 11) is 0. The SMILES string of the molecule is O=C(CN1CCCNCC1)NCCC1CCOC1. The quantitative estimate of drug-likeness (QED) is 0.716. The van der Waals surface area contributed by atoms with Crippen molar-refractivity contribution in [3.05, 3.63) is 0 Å². The molecule has 2 N–H and O–H groups in total. The molecule has 2 rings (SSSR count). The number of ether oxygens (including phenoxy) is 1. The smallest absolute Gasteiger partial charge is 0.234 e. The number of carbonyl (C=O) groups excluding carboxylic acids is 1. The van der Waals surface area contributed by atoms with Crippen molar-refractivity contribution >= 4 is 5.91 Å². The topological polar surface area (TPSA) is 53.6 Å². The molecule has 5 nitrogen and oxygen atoms in total. The van der Waals surface area contributed by atoms with Gasteiger partial charge in [0.1, 0.15) is 0 Å². The number of carbonyl (C=O) groups is 1. The second-order valence-electron chi connectivity index (χ2n) is 5.25. The van der Waals surface area contributed by atoms with E-state index in [-0.39, 0.29) is 5.91 Å². The first-order valence-corrected chi connectivity index (χ1v) is 7.12. The first-order valence-electron chi connectivity index (χ1n) is 7.12. The maximum atomic E-state index is 11.8. The second-order valence-corrected chi connectivity index (χ2v) is 5.25. The highest BCUT2D eigenvalue weighted by molar-refractivity contribution is 5.77. The lowest BCUT2D eigenvalue weighted by Crippen LogP contribution is -2.39. The van der Waals surface area contributed by atoms with Gasteiger partial charge in [-0.15, -0.1) is 0 Å². The summed E-state index contributed by atoms with van der Waals surface area (Å²) in [5, 5.41) is 6.36. The first-order chi connectivity index (χ1) is 8.84. The molecule has 104 valence electrons. The van der Waals surface area contributed by atoms with Gasteiger partial charge < -0.3 is 15.4 Å². The fourth-order valence-corrected chi connectivity index (χ4v) is 2.55. The van der Waals surface area contributed by atoms with E-state index in [4.69, 9.17) is 4.74 Å². The Hall–Kier alpha value is -0.650. The van der Waals surface area contributed by atoms with E-state index in [1.807, 2.05) is 0 Å². The molecule has 0 spiro atoms. The van der Waals surface area contributed by atoms with Gasteiger partial charge in [-0.3, -0.25) is 9.69 Å². The van der Waals surface area contributed by atoms with Crippen LogP contribution < -0.4 is 10.6 Å². The molecule has 2 aliphatic heterocycles. The molecular formula is C13H25N3O2. The van der Waals surface area contributed by atoms with Gasteiger partial charge in [0, 0.05) is 32.8 Å². The monoisotopic (exact) mass is 255 g/mol. The Labute approximate surface area is 109 Å². The van der Waals surface area contributed by atoms with Crippen LogP contribution in [0.2, 0.25) is 0 Å². The van der Waals surface area contributed by atoms with Crippen LogP contribution in [-0.4, -0.2) is 63.3 Å². The highest BCUT2D eigenvalue weighted by Gasteiger charge is 2.16. The lowest BCUT2D eigenvalue weighted by Gasteiger charge is -2.18. The standard InChI is InChI=1S/C13H25N3O2/c17-13(10-16-7-1-4-14-6-8-16)15-5-2-12-3-9-18-11-12/h12,14H,1-11H2,(H,15,17). The van der Waals surface area contributed by atoms with Crippen molar-refractivity contribution < 1.29 is 9.53 Å². The molecule has 1 atom stereocenters. The van der Waals surface area contributed by atoms with Crippen molar-refractivity contribution in [1.82, 2.24) is 15.5 Å². The molecule has 0 radical (unpaired) electrons. The maximum Gasteiger partial charge on any atom is 0.234 e. The minimum Gasteiger partial charge on any atom is -0.381 e. The van der Waals surface area contributed by atoms with Gasteiger partial charge in [0.15, 0.2) is 0 Å². The molecule has 0 bridgehead atoms. The predicted octanol–water partition coefficient (Wildman–Crippen LogP) is -0.175. The third kappa shape index (κ3) is 4.92. The molecule has 2 fully saturated rings. The van der Waals surface area contributed by atoms with Gasteiger partial charge >= 0.3 is 0 Å². The van der Waals surface area contributed by atoms with E-state index in [1.165, 1.54) is 0 Å². The summed E-state index contributed by atoms with van der Waals surface area (Å²) in [4.78, 5) is 14.0. The highest BCUT2D eigenvalue weighted by Crippen LogP contribution is 2.15. The molecule has 2 heterocycles. The molecule has 0 aromatic heterocycles. The summed E-state index contributed by atoms with van der Waals surface area (Å²) in [6, 6.07) is 0. The molecule has 0 aromatic rings. The molecule has 2 saturated heterocycles. The van der Waals surface area contributed by atoms with Gasteiger partial charge in [0.05, 0.1) is 6.54 Å². The van der Waals surface area contributed by atoms with Crippen LogP contribution in [0.1, 0.15) is 19.3 Å². The van der Waals surface area contributed by atoms with Gasteiger partial charge in [-0.25, -0.2) is 0 Å². The van der Waals surface area contributed by atoms with E-state index < -0.39 is 0 Å². The van der Waals surface area contributed by atoms with Crippen LogP contribution >= 0.6 is 0 Å². The largest absolute Gasteiger partial charge is 0.381 e. The van der Waals surface area contributed by atoms with Crippen molar-refractivity contribution in [3.63, 3.8) is 0 Å². The zero-order valence-electron chi connectivity index (χ0n) is 11.1. The van der Waals surface area contributed by atoms with E-state index in [2.05, 4.69) is 15.5 Å². The summed E-state index contributed by atoms with van der Waals surface area (Å²) in [5.74, 6) is 0.809. The van der Waals surface area contributed by atoms with Gasteiger partial charge in [-0.05, 0) is 38.3 Å². The fraction of sp³-hybridized carbons (Fsp3) is 0.923. The Balaban J connectivity index is 1.56. The Kier molecular flexibility index (Phi) is 5.90. The third-order valence-electron chi connectivity index (χ3n) is 3.70. The molecule has 0 saturated carbocycles. The van der Waals surface area contributed by atoms with Crippen molar-refractivity contribution in [1.29, 1.82) is 0 Å². The number of rotatable bonds is 5. The van der Waals surface area contributed by atoms with E-state index in [1.54, 1.807) is 0 Å². The normalized spacial score (nSPS) is 25.9. The van der Waals surface area contributed by atoms with Crippen LogP contribution in [0.4, 0.5) is 0 Å². The predicted molar refractivity (Wildman–Crippen MR) is 70.5 cm³/mol. The minimum atomic E-state index is 0.163. The van der Waals surface area contributed by atoms with Crippen LogP contribution in [0, 0.1) is 5.92 Å². The molecule has 1 unspecified atom stereocenters. The summed E-state index contributed by atoms with van der Waals surface area (Å²) >= 11 is 0. The van der Waals surface area contributed by atoms with Crippen LogP contribution in [0.3, 0.4) is 0 Å². The molecule has 0 aliphatic carbocycles. The molecule has 1 amide bonds. The second kappa shape index (κ2) is 7.71. The van der Waals surface area contributed by atoms with Gasteiger partial charge in [-0.2, -0.15) is 0 Å². The lowest BCUT2D eigenvalue weighted by atomic mass is 10.1. The zero-order chi connectivity index (χ0) is 12.6. The molecule has 5 heteroatoms. The van der Waals surface area contributed by atoms with E-state index in [0.29, 0.717) is 12.5 Å². The van der Waals surface area contributed by atoms with Crippen molar-refractivity contribution in [2.24, 2.45) is 5.92 Å². The lowest BCUT2D eigenvalue weighted by molar-refractivity contribution is -0.122. The molecule has 18 heavy (non-hydrogen) atoms. The fourth-order valence-electron chi connectivity index (χ4n) is 2.55. The van der Waals surface area contributed by atoms with E-state index in [0.717, 1.165) is 65.2 Å². The maximum absolute atomic E-state index is 11.8. The summed E-state index contributed by atoms with van der Waals surface area (Å²) in [6.07, 6.45) is 3.33. The zero-order valence-corrected chi connectivity index (χ0v) is 11.1.